The van der Waals surface area contributed by atoms with Crippen molar-refractivity contribution in [3.8, 4) is 0 Å². The average Bonchev–Trinajstić information content (AvgIpc) is 3.24. The summed E-state index contributed by atoms with van der Waals surface area (Å²) < 4.78 is 0. The Labute approximate surface area is 366 Å². The summed E-state index contributed by atoms with van der Waals surface area (Å²) in [5.41, 5.74) is 1.46. The zero-order chi connectivity index (χ0) is 46.6. The number of hydrogen-bond acceptors (Lipinski definition) is 8. The third kappa shape index (κ3) is 13.6. The average molecular weight is 861 g/mol. The molecule has 0 unspecified atom stereocenters. The van der Waals surface area contributed by atoms with Crippen LogP contribution in [0.15, 0.2) is 60.7 Å². The van der Waals surface area contributed by atoms with Crippen molar-refractivity contribution in [1.82, 2.24) is 40.9 Å². The van der Waals surface area contributed by atoms with Crippen molar-refractivity contribution in [3.05, 3.63) is 71.8 Å². The van der Waals surface area contributed by atoms with Crippen LogP contribution in [0.2, 0.25) is 0 Å². The lowest BCUT2D eigenvalue weighted by Gasteiger charge is -2.35. The van der Waals surface area contributed by atoms with Crippen molar-refractivity contribution in [3.63, 3.8) is 0 Å². The van der Waals surface area contributed by atoms with Crippen molar-refractivity contribution < 1.29 is 38.4 Å². The molecule has 3 rings (SSSR count). The van der Waals surface area contributed by atoms with Crippen molar-refractivity contribution in [2.75, 3.05) is 28.2 Å². The normalized spacial score (nSPS) is 26.3. The zero-order valence-corrected chi connectivity index (χ0v) is 38.4. The van der Waals surface area contributed by atoms with E-state index in [9.17, 15) is 38.4 Å². The van der Waals surface area contributed by atoms with Gasteiger partial charge < -0.3 is 40.9 Å². The first kappa shape index (κ1) is 50.6. The van der Waals surface area contributed by atoms with Crippen LogP contribution >= 0.6 is 0 Å². The molecule has 1 fully saturated rings. The van der Waals surface area contributed by atoms with Gasteiger partial charge in [0.15, 0.2) is 0 Å². The molecule has 2 aromatic carbocycles. The number of likely N-dealkylation sites (N-methyl/N-ethyl adjacent to an activating group) is 4. The van der Waals surface area contributed by atoms with Gasteiger partial charge in [-0.3, -0.25) is 38.4 Å². The van der Waals surface area contributed by atoms with Crippen LogP contribution in [0.4, 0.5) is 0 Å². The van der Waals surface area contributed by atoms with E-state index < -0.39 is 95.6 Å². The van der Waals surface area contributed by atoms with Crippen LogP contribution in [0.1, 0.15) is 79.4 Å². The summed E-state index contributed by atoms with van der Waals surface area (Å²) in [6, 6.07) is 9.10. The molecule has 340 valence electrons. The maximum absolute atomic E-state index is 14.3. The fourth-order valence-corrected chi connectivity index (χ4v) is 7.11. The molecule has 8 amide bonds. The molecule has 1 aliphatic heterocycles. The number of amides is 8. The second kappa shape index (κ2) is 22.9. The van der Waals surface area contributed by atoms with Crippen molar-refractivity contribution in [2.24, 2.45) is 11.8 Å². The van der Waals surface area contributed by atoms with E-state index in [1.165, 1.54) is 75.5 Å². The van der Waals surface area contributed by atoms with E-state index in [0.717, 1.165) is 11.1 Å². The Morgan fingerprint density at radius 2 is 0.629 bits per heavy atom. The van der Waals surface area contributed by atoms with Gasteiger partial charge in [-0.15, -0.1) is 0 Å². The Kier molecular flexibility index (Phi) is 18.7. The topological polar surface area (TPSA) is 198 Å². The van der Waals surface area contributed by atoms with E-state index in [-0.39, 0.29) is 37.5 Å². The summed E-state index contributed by atoms with van der Waals surface area (Å²) in [7, 11) is 5.74. The predicted octanol–water partition coefficient (Wildman–Crippen LogP) is 1.90. The molecule has 0 spiro atoms. The summed E-state index contributed by atoms with van der Waals surface area (Å²) in [5, 5.41) is 11.2. The molecule has 0 radical (unpaired) electrons. The van der Waals surface area contributed by atoms with E-state index in [4.69, 9.17) is 0 Å². The van der Waals surface area contributed by atoms with Gasteiger partial charge in [-0.25, -0.2) is 0 Å². The van der Waals surface area contributed by atoms with Crippen LogP contribution in [-0.2, 0) is 51.2 Å². The first-order valence-corrected chi connectivity index (χ1v) is 21.4. The van der Waals surface area contributed by atoms with Crippen LogP contribution in [0.5, 0.6) is 0 Å². The highest BCUT2D eigenvalue weighted by molar-refractivity contribution is 5.98. The Hall–Kier alpha value is -5.80. The molecule has 0 bridgehead atoms. The van der Waals surface area contributed by atoms with E-state index in [2.05, 4.69) is 21.3 Å². The van der Waals surface area contributed by atoms with E-state index in [1.54, 1.807) is 48.5 Å². The van der Waals surface area contributed by atoms with E-state index in [0.29, 0.717) is 0 Å². The lowest BCUT2D eigenvalue weighted by molar-refractivity contribution is -0.147. The highest BCUT2D eigenvalue weighted by Gasteiger charge is 2.38. The minimum Gasteiger partial charge on any atom is -0.343 e. The van der Waals surface area contributed by atoms with Crippen molar-refractivity contribution in [1.29, 1.82) is 0 Å². The van der Waals surface area contributed by atoms with Gasteiger partial charge >= 0.3 is 0 Å². The van der Waals surface area contributed by atoms with Gasteiger partial charge in [-0.2, -0.15) is 0 Å². The fourth-order valence-electron chi connectivity index (χ4n) is 7.11. The van der Waals surface area contributed by atoms with Crippen LogP contribution in [0.25, 0.3) is 0 Å². The minimum atomic E-state index is -1.16. The van der Waals surface area contributed by atoms with Crippen LogP contribution in [0.3, 0.4) is 0 Å². The molecule has 8 atom stereocenters. The smallest absolute Gasteiger partial charge is 0.245 e. The third-order valence-electron chi connectivity index (χ3n) is 11.7. The van der Waals surface area contributed by atoms with Crippen LogP contribution < -0.4 is 21.3 Å². The van der Waals surface area contributed by atoms with Crippen LogP contribution in [0, 0.1) is 11.8 Å². The summed E-state index contributed by atoms with van der Waals surface area (Å²) in [6.45, 7) is 13.6. The minimum absolute atomic E-state index is 0.0655. The van der Waals surface area contributed by atoms with E-state index >= 15 is 0 Å². The standard InChI is InChI=1S/C46H68N8O8/c1-27(2)23-35-43(59)51(9)31(7)41(57)49-38(26-34-21-17-14-18-22-34)46(62)54(12)30(6)40(56)48-36(24-28(3)4)44(60)52(10)32(8)42(58)50-37(25-33-19-15-13-16-20-33)45(61)53(11)29(5)39(55)47-35/h13-22,27-32,35-38H,23-26H2,1-12H3,(H,47,55)(H,48,56)(H,49,57)(H,50,58)/t29-,30-,31-,32-,35+,36+,37+,38+/m1/s1. The number of rotatable bonds is 8. The molecule has 0 aromatic heterocycles. The number of hydrogen-bond donors (Lipinski definition) is 4. The van der Waals surface area contributed by atoms with Gasteiger partial charge in [-0.05, 0) is 63.5 Å². The molecule has 1 aliphatic rings. The summed E-state index contributed by atoms with van der Waals surface area (Å²) >= 11 is 0. The first-order valence-electron chi connectivity index (χ1n) is 21.4. The molecule has 1 saturated heterocycles. The predicted molar refractivity (Wildman–Crippen MR) is 236 cm³/mol. The van der Waals surface area contributed by atoms with E-state index in [1.807, 2.05) is 39.8 Å². The maximum atomic E-state index is 14.3. The Morgan fingerprint density at radius 3 is 0.871 bits per heavy atom. The Balaban J connectivity index is 2.12. The maximum Gasteiger partial charge on any atom is 0.245 e. The Bertz CT molecular complexity index is 1760. The van der Waals surface area contributed by atoms with Gasteiger partial charge in [0.25, 0.3) is 0 Å². The largest absolute Gasteiger partial charge is 0.343 e. The van der Waals surface area contributed by atoms with Gasteiger partial charge in [0, 0.05) is 41.0 Å². The molecular weight excluding hydrogens is 793 g/mol. The molecule has 16 heteroatoms. The number of nitrogens with one attached hydrogen (secondary N) is 4. The SMILES string of the molecule is CC(C)C[C@@H]1NC(=O)[C@@H](C)N(C)C(=O)[C@H](Cc2ccccc2)NC(=O)[C@@H](C)N(C)C(=O)[C@H](CC(C)C)NC(=O)[C@@H](C)N(C)C(=O)[C@H](Cc2ccccc2)NC(=O)[C@@H](C)N(C)C1=O. The van der Waals surface area contributed by atoms with Gasteiger partial charge in [0.1, 0.15) is 48.3 Å². The van der Waals surface area contributed by atoms with Gasteiger partial charge in [-0.1, -0.05) is 88.4 Å². The third-order valence-corrected chi connectivity index (χ3v) is 11.7. The molecule has 0 aliphatic carbocycles. The highest BCUT2D eigenvalue weighted by atomic mass is 16.2. The quantitative estimate of drug-likeness (QED) is 0.309. The first-order chi connectivity index (χ1) is 29.0. The zero-order valence-electron chi connectivity index (χ0n) is 38.4. The second-order valence-corrected chi connectivity index (χ2v) is 17.4. The number of nitrogens with zero attached hydrogens (tertiary/aromatic N) is 4. The van der Waals surface area contributed by atoms with Crippen molar-refractivity contribution in [2.45, 2.75) is 129 Å². The lowest BCUT2D eigenvalue weighted by atomic mass is 10.0. The Morgan fingerprint density at radius 1 is 0.403 bits per heavy atom. The number of carbonyl (C=O) groups is 8. The number of benzene rings is 2. The highest BCUT2D eigenvalue weighted by Crippen LogP contribution is 2.16. The lowest BCUT2D eigenvalue weighted by Crippen LogP contribution is -2.61. The molecule has 16 nitrogen and oxygen atoms in total. The fraction of sp³-hybridized carbons (Fsp3) is 0.565. The van der Waals surface area contributed by atoms with Crippen LogP contribution in [-0.4, -0.2) is 143 Å². The summed E-state index contributed by atoms with van der Waals surface area (Å²) in [4.78, 5) is 117. The van der Waals surface area contributed by atoms with Gasteiger partial charge in [0.2, 0.25) is 47.3 Å². The molecule has 62 heavy (non-hydrogen) atoms. The molecule has 0 saturated carbocycles. The summed E-state index contributed by atoms with van der Waals surface area (Å²) in [5.74, 6) is -4.97. The summed E-state index contributed by atoms with van der Waals surface area (Å²) in [6.07, 6.45) is 0.552. The molecule has 4 N–H and O–H groups in total. The molecular formula is C46H68N8O8. The number of carbonyl (C=O) groups excluding carboxylic acids is 8. The second-order valence-electron chi connectivity index (χ2n) is 17.4. The molecule has 1 heterocycles. The molecule has 2 aromatic rings. The van der Waals surface area contributed by atoms with Crippen molar-refractivity contribution >= 4 is 47.3 Å². The van der Waals surface area contributed by atoms with Gasteiger partial charge in [0.05, 0.1) is 0 Å². The monoisotopic (exact) mass is 861 g/mol.